The lowest BCUT2D eigenvalue weighted by Gasteiger charge is -2.14. The molecule has 0 radical (unpaired) electrons. The second kappa shape index (κ2) is 7.51. The summed E-state index contributed by atoms with van der Waals surface area (Å²) in [6.07, 6.45) is 5.28. The Kier molecular flexibility index (Phi) is 5.42. The predicted molar refractivity (Wildman–Crippen MR) is 92.5 cm³/mol. The molecule has 0 aliphatic rings. The summed E-state index contributed by atoms with van der Waals surface area (Å²) in [6, 6.07) is 11.7. The van der Waals surface area contributed by atoms with Gasteiger partial charge in [0.25, 0.3) is 0 Å². The Morgan fingerprint density at radius 2 is 1.55 bits per heavy atom. The molecule has 2 aromatic carbocycles. The van der Waals surface area contributed by atoms with Crippen LogP contribution >= 0.6 is 0 Å². The first-order valence-corrected chi connectivity index (χ1v) is 7.49. The quantitative estimate of drug-likeness (QED) is 0.735. The molecule has 0 bridgehead atoms. The molecule has 0 aromatic heterocycles. The minimum absolute atomic E-state index is 0.254. The number of phenolic OH excluding ortho intramolecular Hbond substituents is 1. The van der Waals surface area contributed by atoms with Crippen molar-refractivity contribution in [2.75, 3.05) is 6.61 Å². The molecule has 0 heterocycles. The van der Waals surface area contributed by atoms with E-state index in [2.05, 4.69) is 19.2 Å². The predicted octanol–water partition coefficient (Wildman–Crippen LogP) is 4.91. The van der Waals surface area contributed by atoms with Crippen molar-refractivity contribution in [1.29, 1.82) is 0 Å². The second-order valence-electron chi connectivity index (χ2n) is 5.10. The van der Waals surface area contributed by atoms with Crippen LogP contribution in [0.3, 0.4) is 0 Å². The van der Waals surface area contributed by atoms with Crippen molar-refractivity contribution < 1.29 is 9.84 Å². The van der Waals surface area contributed by atoms with E-state index in [4.69, 9.17) is 4.74 Å². The minimum Gasteiger partial charge on any atom is -0.507 e. The summed E-state index contributed by atoms with van der Waals surface area (Å²) in [5.74, 6) is 1.03. The molecule has 22 heavy (non-hydrogen) atoms. The molecule has 0 aliphatic carbocycles. The average molecular weight is 294 g/mol. The topological polar surface area (TPSA) is 29.5 Å². The van der Waals surface area contributed by atoms with E-state index in [-0.39, 0.29) is 5.75 Å². The van der Waals surface area contributed by atoms with Gasteiger partial charge in [-0.15, -0.1) is 13.2 Å². The van der Waals surface area contributed by atoms with Crippen molar-refractivity contribution in [3.8, 4) is 22.6 Å². The first kappa shape index (κ1) is 15.9. The summed E-state index contributed by atoms with van der Waals surface area (Å²) >= 11 is 0. The SMILES string of the molecule is C=CCc1ccc(O)c(-c2cc(CC=C)ccc2OCC)c1. The third-order valence-corrected chi connectivity index (χ3v) is 3.46. The van der Waals surface area contributed by atoms with Crippen molar-refractivity contribution in [2.24, 2.45) is 0 Å². The Bertz CT molecular complexity index is 671. The zero-order valence-corrected chi connectivity index (χ0v) is 13.0. The van der Waals surface area contributed by atoms with Gasteiger partial charge in [0.15, 0.2) is 0 Å². The number of phenols is 1. The largest absolute Gasteiger partial charge is 0.507 e. The monoisotopic (exact) mass is 294 g/mol. The minimum atomic E-state index is 0.254. The molecule has 0 unspecified atom stereocenters. The van der Waals surface area contributed by atoms with Crippen LogP contribution in [0.5, 0.6) is 11.5 Å². The van der Waals surface area contributed by atoms with Crippen LogP contribution < -0.4 is 4.74 Å². The molecule has 0 fully saturated rings. The summed E-state index contributed by atoms with van der Waals surface area (Å²) in [4.78, 5) is 0. The van der Waals surface area contributed by atoms with Gasteiger partial charge in [-0.25, -0.2) is 0 Å². The van der Waals surface area contributed by atoms with Crippen molar-refractivity contribution in [1.82, 2.24) is 0 Å². The normalized spacial score (nSPS) is 10.2. The fourth-order valence-corrected chi connectivity index (χ4v) is 2.46. The maximum atomic E-state index is 10.3. The van der Waals surface area contributed by atoms with Gasteiger partial charge in [-0.05, 0) is 55.2 Å². The average Bonchev–Trinajstić information content (AvgIpc) is 2.51. The zero-order chi connectivity index (χ0) is 15.9. The van der Waals surface area contributed by atoms with E-state index >= 15 is 0 Å². The molecule has 0 amide bonds. The van der Waals surface area contributed by atoms with Gasteiger partial charge in [-0.2, -0.15) is 0 Å². The third-order valence-electron chi connectivity index (χ3n) is 3.46. The van der Waals surface area contributed by atoms with Gasteiger partial charge < -0.3 is 9.84 Å². The van der Waals surface area contributed by atoms with Gasteiger partial charge >= 0.3 is 0 Å². The van der Waals surface area contributed by atoms with Crippen molar-refractivity contribution in [3.05, 3.63) is 72.8 Å². The standard InChI is InChI=1S/C20H22O2/c1-4-7-15-9-11-19(21)17(13-15)18-14-16(8-5-2)10-12-20(18)22-6-3/h4-5,9-14,21H,1-2,6-8H2,3H3. The Labute approximate surface area is 132 Å². The third kappa shape index (κ3) is 3.59. The van der Waals surface area contributed by atoms with Crippen LogP contribution in [0.15, 0.2) is 61.7 Å². The summed E-state index contributed by atoms with van der Waals surface area (Å²) in [7, 11) is 0. The summed E-state index contributed by atoms with van der Waals surface area (Å²) in [5.41, 5.74) is 3.94. The van der Waals surface area contributed by atoms with Gasteiger partial charge in [0.1, 0.15) is 11.5 Å². The lowest BCUT2D eigenvalue weighted by atomic mass is 9.97. The fourth-order valence-electron chi connectivity index (χ4n) is 2.46. The van der Waals surface area contributed by atoms with E-state index in [1.165, 1.54) is 0 Å². The molecule has 2 rings (SSSR count). The highest BCUT2D eigenvalue weighted by molar-refractivity contribution is 5.76. The smallest absolute Gasteiger partial charge is 0.127 e. The highest BCUT2D eigenvalue weighted by Gasteiger charge is 2.12. The molecule has 1 N–H and O–H groups in total. The van der Waals surface area contributed by atoms with Crippen LogP contribution in [0.25, 0.3) is 11.1 Å². The van der Waals surface area contributed by atoms with Crippen LogP contribution in [-0.2, 0) is 12.8 Å². The first-order valence-electron chi connectivity index (χ1n) is 7.49. The summed E-state index contributed by atoms with van der Waals surface area (Å²) in [5, 5.41) is 10.3. The number of hydrogen-bond acceptors (Lipinski definition) is 2. The maximum Gasteiger partial charge on any atom is 0.127 e. The highest BCUT2D eigenvalue weighted by atomic mass is 16.5. The van der Waals surface area contributed by atoms with Crippen LogP contribution in [0.4, 0.5) is 0 Å². The van der Waals surface area contributed by atoms with Gasteiger partial charge in [-0.1, -0.05) is 24.3 Å². The van der Waals surface area contributed by atoms with Gasteiger partial charge in [-0.3, -0.25) is 0 Å². The molecular weight excluding hydrogens is 272 g/mol. The van der Waals surface area contributed by atoms with E-state index in [0.717, 1.165) is 40.8 Å². The number of ether oxygens (including phenoxy) is 1. The molecule has 0 saturated heterocycles. The molecule has 2 nitrogen and oxygen atoms in total. The number of rotatable bonds is 7. The summed E-state index contributed by atoms with van der Waals surface area (Å²) in [6.45, 7) is 10.1. The van der Waals surface area contributed by atoms with E-state index in [1.54, 1.807) is 6.07 Å². The van der Waals surface area contributed by atoms with Gasteiger partial charge in [0, 0.05) is 11.1 Å². The van der Waals surface area contributed by atoms with E-state index in [0.29, 0.717) is 6.61 Å². The summed E-state index contributed by atoms with van der Waals surface area (Å²) < 4.78 is 5.72. The van der Waals surface area contributed by atoms with Crippen LogP contribution in [-0.4, -0.2) is 11.7 Å². The molecular formula is C20H22O2. The lowest BCUT2D eigenvalue weighted by molar-refractivity contribution is 0.341. The molecule has 114 valence electrons. The Balaban J connectivity index is 2.57. The second-order valence-corrected chi connectivity index (χ2v) is 5.10. The van der Waals surface area contributed by atoms with E-state index in [1.807, 2.05) is 43.3 Å². The number of hydrogen-bond donors (Lipinski definition) is 1. The number of benzene rings is 2. The van der Waals surface area contributed by atoms with Crippen molar-refractivity contribution in [3.63, 3.8) is 0 Å². The molecule has 0 saturated carbocycles. The van der Waals surface area contributed by atoms with Crippen LogP contribution in [0, 0.1) is 0 Å². The molecule has 0 aliphatic heterocycles. The molecule has 2 heteroatoms. The molecule has 0 spiro atoms. The van der Waals surface area contributed by atoms with Gasteiger partial charge in [0.2, 0.25) is 0 Å². The zero-order valence-electron chi connectivity index (χ0n) is 13.0. The van der Waals surface area contributed by atoms with Crippen molar-refractivity contribution >= 4 is 0 Å². The number of aromatic hydroxyl groups is 1. The van der Waals surface area contributed by atoms with Crippen LogP contribution in [0.1, 0.15) is 18.1 Å². The van der Waals surface area contributed by atoms with E-state index < -0.39 is 0 Å². The lowest BCUT2D eigenvalue weighted by Crippen LogP contribution is -1.96. The first-order chi connectivity index (χ1) is 10.7. The highest BCUT2D eigenvalue weighted by Crippen LogP contribution is 2.37. The Hall–Kier alpha value is -2.48. The Morgan fingerprint density at radius 3 is 2.14 bits per heavy atom. The molecule has 2 aromatic rings. The van der Waals surface area contributed by atoms with Gasteiger partial charge in [0.05, 0.1) is 6.61 Å². The maximum absolute atomic E-state index is 10.3. The van der Waals surface area contributed by atoms with Crippen molar-refractivity contribution in [2.45, 2.75) is 19.8 Å². The Morgan fingerprint density at radius 1 is 0.955 bits per heavy atom. The molecule has 0 atom stereocenters. The number of allylic oxidation sites excluding steroid dienone is 2. The van der Waals surface area contributed by atoms with E-state index in [9.17, 15) is 5.11 Å². The van der Waals surface area contributed by atoms with Crippen LogP contribution in [0.2, 0.25) is 0 Å². The fraction of sp³-hybridized carbons (Fsp3) is 0.200.